The Morgan fingerprint density at radius 1 is 1.25 bits per heavy atom. The summed E-state index contributed by atoms with van der Waals surface area (Å²) < 4.78 is 10.9. The summed E-state index contributed by atoms with van der Waals surface area (Å²) in [6, 6.07) is 7.45. The van der Waals surface area contributed by atoms with Gasteiger partial charge in [0.15, 0.2) is 0 Å². The highest BCUT2D eigenvalue weighted by molar-refractivity contribution is 9.10. The van der Waals surface area contributed by atoms with Gasteiger partial charge in [-0.15, -0.1) is 0 Å². The molecule has 1 amide bonds. The van der Waals surface area contributed by atoms with Gasteiger partial charge in [-0.2, -0.15) is 0 Å². The highest BCUT2D eigenvalue weighted by Gasteiger charge is 2.20. The molecule has 6 heteroatoms. The largest absolute Gasteiger partial charge is 0.469 e. The summed E-state index contributed by atoms with van der Waals surface area (Å²) in [6.07, 6.45) is 3.88. The summed E-state index contributed by atoms with van der Waals surface area (Å²) in [5.74, 6) is -0.381. The highest BCUT2D eigenvalue weighted by atomic mass is 79.9. The summed E-state index contributed by atoms with van der Waals surface area (Å²) in [7, 11) is 1.32. The first-order valence-corrected chi connectivity index (χ1v) is 8.47. The predicted octanol–water partition coefficient (Wildman–Crippen LogP) is 4.31. The molecule has 132 valence electrons. The first-order valence-electron chi connectivity index (χ1n) is 7.68. The Hall–Kier alpha value is -1.82. The van der Waals surface area contributed by atoms with Crippen LogP contribution in [-0.4, -0.2) is 30.8 Å². The maximum atomic E-state index is 11.9. The smallest absolute Gasteiger partial charge is 0.407 e. The van der Waals surface area contributed by atoms with Crippen LogP contribution in [0.1, 0.15) is 39.2 Å². The first-order chi connectivity index (χ1) is 11.2. The van der Waals surface area contributed by atoms with Crippen LogP contribution in [-0.2, 0) is 14.3 Å². The molecule has 0 unspecified atom stereocenters. The van der Waals surface area contributed by atoms with Gasteiger partial charge < -0.3 is 14.8 Å². The minimum Gasteiger partial charge on any atom is -0.469 e. The fourth-order valence-corrected chi connectivity index (χ4v) is 2.16. The van der Waals surface area contributed by atoms with Gasteiger partial charge in [0.25, 0.3) is 0 Å². The zero-order chi connectivity index (χ0) is 18.2. The van der Waals surface area contributed by atoms with Gasteiger partial charge in [-0.1, -0.05) is 40.2 Å². The molecule has 0 spiro atoms. The molecule has 0 aliphatic heterocycles. The number of benzene rings is 1. The Balaban J connectivity index is 2.66. The molecule has 24 heavy (non-hydrogen) atoms. The number of carbonyl (C=O) groups is 2. The number of ether oxygens (including phenoxy) is 2. The SMILES string of the molecule is COC(=O)C[C@H](C/C=C/c1ccc(Br)cc1)NC(=O)OC(C)(C)C. The Morgan fingerprint density at radius 2 is 1.88 bits per heavy atom. The molecule has 0 aromatic heterocycles. The lowest BCUT2D eigenvalue weighted by atomic mass is 10.1. The molecule has 1 rings (SSSR count). The summed E-state index contributed by atoms with van der Waals surface area (Å²) in [4.78, 5) is 23.4. The molecular weight excluding hydrogens is 374 g/mol. The Bertz CT molecular complexity index is 576. The number of nitrogens with one attached hydrogen (secondary N) is 1. The van der Waals surface area contributed by atoms with E-state index in [1.165, 1.54) is 7.11 Å². The third-order valence-electron chi connectivity index (χ3n) is 2.96. The molecule has 0 saturated heterocycles. The van der Waals surface area contributed by atoms with Crippen LogP contribution in [0.3, 0.4) is 0 Å². The van der Waals surface area contributed by atoms with Crippen molar-refractivity contribution in [2.75, 3.05) is 7.11 Å². The maximum Gasteiger partial charge on any atom is 0.407 e. The summed E-state index contributed by atoms with van der Waals surface area (Å²) in [5.41, 5.74) is 0.444. The number of alkyl carbamates (subject to hydrolysis) is 1. The standard InChI is InChI=1S/C18H24BrNO4/c1-18(2,3)24-17(22)20-15(12-16(21)23-4)7-5-6-13-8-10-14(19)11-9-13/h5-6,8-11,15H,7,12H2,1-4H3,(H,20,22)/b6-5+/t15-/m0/s1. The van der Waals surface area contributed by atoms with E-state index in [1.54, 1.807) is 20.8 Å². The van der Waals surface area contributed by atoms with Crippen molar-refractivity contribution < 1.29 is 19.1 Å². The van der Waals surface area contributed by atoms with Crippen molar-refractivity contribution in [3.8, 4) is 0 Å². The molecule has 0 aliphatic carbocycles. The van der Waals surface area contributed by atoms with Crippen molar-refractivity contribution >= 4 is 34.1 Å². The molecule has 0 fully saturated rings. The fraction of sp³-hybridized carbons (Fsp3) is 0.444. The number of hydrogen-bond acceptors (Lipinski definition) is 4. The molecule has 0 radical (unpaired) electrons. The molecule has 1 atom stereocenters. The molecule has 1 aromatic rings. The van der Waals surface area contributed by atoms with Gasteiger partial charge in [0.05, 0.1) is 13.5 Å². The topological polar surface area (TPSA) is 64.6 Å². The van der Waals surface area contributed by atoms with Gasteiger partial charge >= 0.3 is 12.1 Å². The maximum absolute atomic E-state index is 11.9. The molecular formula is C18H24BrNO4. The zero-order valence-electron chi connectivity index (χ0n) is 14.5. The van der Waals surface area contributed by atoms with E-state index in [2.05, 4.69) is 26.0 Å². The lowest BCUT2D eigenvalue weighted by Crippen LogP contribution is -2.40. The van der Waals surface area contributed by atoms with Gasteiger partial charge in [0.1, 0.15) is 5.60 Å². The van der Waals surface area contributed by atoms with Crippen molar-refractivity contribution in [1.82, 2.24) is 5.32 Å². The predicted molar refractivity (Wildman–Crippen MR) is 97.6 cm³/mol. The molecule has 1 N–H and O–H groups in total. The van der Waals surface area contributed by atoms with E-state index in [1.807, 2.05) is 36.4 Å². The van der Waals surface area contributed by atoms with Crippen LogP contribution >= 0.6 is 15.9 Å². The number of hydrogen-bond donors (Lipinski definition) is 1. The normalized spacial score (nSPS) is 12.7. The van der Waals surface area contributed by atoms with Crippen LogP contribution in [0.5, 0.6) is 0 Å². The van der Waals surface area contributed by atoms with Gasteiger partial charge in [-0.25, -0.2) is 4.79 Å². The van der Waals surface area contributed by atoms with E-state index in [0.717, 1.165) is 10.0 Å². The number of amides is 1. The zero-order valence-corrected chi connectivity index (χ0v) is 16.1. The number of carbonyl (C=O) groups excluding carboxylic acids is 2. The van der Waals surface area contributed by atoms with Crippen LogP contribution in [0, 0.1) is 0 Å². The third kappa shape index (κ3) is 8.72. The van der Waals surface area contributed by atoms with Crippen molar-refractivity contribution in [3.05, 3.63) is 40.4 Å². The minimum absolute atomic E-state index is 0.0838. The molecule has 1 aromatic carbocycles. The molecule has 0 heterocycles. The van der Waals surface area contributed by atoms with Crippen LogP contribution in [0.15, 0.2) is 34.8 Å². The summed E-state index contributed by atoms with van der Waals surface area (Å²) in [6.45, 7) is 5.36. The number of esters is 1. The van der Waals surface area contributed by atoms with Crippen molar-refractivity contribution in [2.45, 2.75) is 45.3 Å². The van der Waals surface area contributed by atoms with Crippen molar-refractivity contribution in [2.24, 2.45) is 0 Å². The van der Waals surface area contributed by atoms with Gasteiger partial charge in [-0.3, -0.25) is 4.79 Å². The molecule has 5 nitrogen and oxygen atoms in total. The van der Waals surface area contributed by atoms with Crippen LogP contribution < -0.4 is 5.32 Å². The summed E-state index contributed by atoms with van der Waals surface area (Å²) >= 11 is 3.39. The number of halogens is 1. The van der Waals surface area contributed by atoms with Crippen molar-refractivity contribution in [1.29, 1.82) is 0 Å². The van der Waals surface area contributed by atoms with E-state index in [0.29, 0.717) is 6.42 Å². The van der Waals surface area contributed by atoms with E-state index >= 15 is 0 Å². The van der Waals surface area contributed by atoms with Gasteiger partial charge in [-0.05, 0) is 44.9 Å². The van der Waals surface area contributed by atoms with E-state index in [9.17, 15) is 9.59 Å². The second kappa shape index (κ2) is 9.47. The lowest BCUT2D eigenvalue weighted by molar-refractivity contribution is -0.141. The van der Waals surface area contributed by atoms with Crippen molar-refractivity contribution in [3.63, 3.8) is 0 Å². The van der Waals surface area contributed by atoms with Crippen LogP contribution in [0.4, 0.5) is 4.79 Å². The van der Waals surface area contributed by atoms with E-state index in [-0.39, 0.29) is 18.4 Å². The van der Waals surface area contributed by atoms with Crippen LogP contribution in [0.2, 0.25) is 0 Å². The van der Waals surface area contributed by atoms with E-state index in [4.69, 9.17) is 4.74 Å². The highest BCUT2D eigenvalue weighted by Crippen LogP contribution is 2.13. The second-order valence-electron chi connectivity index (χ2n) is 6.31. The van der Waals surface area contributed by atoms with Gasteiger partial charge in [0.2, 0.25) is 0 Å². The molecule has 0 aliphatic rings. The average molecular weight is 398 g/mol. The molecule has 0 bridgehead atoms. The monoisotopic (exact) mass is 397 g/mol. The minimum atomic E-state index is -0.590. The van der Waals surface area contributed by atoms with Crippen LogP contribution in [0.25, 0.3) is 6.08 Å². The number of methoxy groups -OCH3 is 1. The first kappa shape index (κ1) is 20.2. The number of rotatable bonds is 6. The summed E-state index contributed by atoms with van der Waals surface area (Å²) in [5, 5.41) is 2.71. The molecule has 0 saturated carbocycles. The second-order valence-corrected chi connectivity index (χ2v) is 7.23. The Morgan fingerprint density at radius 3 is 2.42 bits per heavy atom. The Kier molecular flexibility index (Phi) is 7.98. The van der Waals surface area contributed by atoms with Gasteiger partial charge in [0, 0.05) is 10.5 Å². The Labute approximate surface area is 151 Å². The lowest BCUT2D eigenvalue weighted by Gasteiger charge is -2.22. The average Bonchev–Trinajstić information content (AvgIpc) is 2.47. The third-order valence-corrected chi connectivity index (χ3v) is 3.49. The quantitative estimate of drug-likeness (QED) is 0.726. The van der Waals surface area contributed by atoms with E-state index < -0.39 is 11.7 Å². The fourth-order valence-electron chi connectivity index (χ4n) is 1.89.